The van der Waals surface area contributed by atoms with Crippen LogP contribution in [-0.2, 0) is 0 Å². The second kappa shape index (κ2) is 6.74. The van der Waals surface area contributed by atoms with Crippen molar-refractivity contribution in [2.75, 3.05) is 7.11 Å². The van der Waals surface area contributed by atoms with Gasteiger partial charge in [0.05, 0.1) is 11.6 Å². The van der Waals surface area contributed by atoms with Crippen LogP contribution in [0, 0.1) is 6.92 Å². The van der Waals surface area contributed by atoms with Crippen LogP contribution in [0.4, 0.5) is 0 Å². The molecule has 0 saturated carbocycles. The van der Waals surface area contributed by atoms with Crippen LogP contribution in [0.1, 0.15) is 41.9 Å². The molecular formula is C16H20BrNOS. The smallest absolute Gasteiger partial charge is 0.133 e. The lowest BCUT2D eigenvalue weighted by atomic mass is 10.1. The van der Waals surface area contributed by atoms with E-state index < -0.39 is 0 Å². The van der Waals surface area contributed by atoms with Gasteiger partial charge in [0.2, 0.25) is 0 Å². The van der Waals surface area contributed by atoms with E-state index in [9.17, 15) is 0 Å². The van der Waals surface area contributed by atoms with E-state index in [0.717, 1.165) is 10.2 Å². The van der Waals surface area contributed by atoms with Gasteiger partial charge in [0, 0.05) is 17.0 Å². The van der Waals surface area contributed by atoms with Crippen molar-refractivity contribution < 1.29 is 4.74 Å². The number of ether oxygens (including phenoxy) is 1. The van der Waals surface area contributed by atoms with Gasteiger partial charge in [-0.25, -0.2) is 0 Å². The van der Waals surface area contributed by atoms with Gasteiger partial charge in [-0.05, 0) is 71.4 Å². The van der Waals surface area contributed by atoms with Crippen LogP contribution in [0.5, 0.6) is 5.75 Å². The summed E-state index contributed by atoms with van der Waals surface area (Å²) in [4.78, 5) is 1.41. The quantitative estimate of drug-likeness (QED) is 0.793. The van der Waals surface area contributed by atoms with E-state index in [1.54, 1.807) is 7.11 Å². The van der Waals surface area contributed by atoms with Crippen LogP contribution < -0.4 is 10.1 Å². The Morgan fingerprint density at radius 3 is 2.50 bits per heavy atom. The van der Waals surface area contributed by atoms with Crippen molar-refractivity contribution in [2.24, 2.45) is 0 Å². The molecule has 1 N–H and O–H groups in total. The Bertz CT molecular complexity index is 582. The maximum absolute atomic E-state index is 5.27. The summed E-state index contributed by atoms with van der Waals surface area (Å²) in [6.07, 6.45) is 0. The molecule has 0 amide bonds. The minimum Gasteiger partial charge on any atom is -0.496 e. The predicted molar refractivity (Wildman–Crippen MR) is 89.7 cm³/mol. The van der Waals surface area contributed by atoms with Crippen LogP contribution in [0.3, 0.4) is 0 Å². The summed E-state index contributed by atoms with van der Waals surface area (Å²) < 4.78 is 6.26. The van der Waals surface area contributed by atoms with Crippen LogP contribution in [0.2, 0.25) is 0 Å². The Hall–Kier alpha value is -0.840. The first kappa shape index (κ1) is 15.5. The van der Waals surface area contributed by atoms with Crippen LogP contribution in [0.15, 0.2) is 34.1 Å². The number of hydrogen-bond acceptors (Lipinski definition) is 3. The zero-order valence-corrected chi connectivity index (χ0v) is 14.6. The van der Waals surface area contributed by atoms with E-state index in [-0.39, 0.29) is 6.04 Å². The van der Waals surface area contributed by atoms with E-state index in [4.69, 9.17) is 4.74 Å². The third-order valence-electron chi connectivity index (χ3n) is 3.47. The van der Waals surface area contributed by atoms with Crippen molar-refractivity contribution in [1.82, 2.24) is 5.32 Å². The number of hydrogen-bond donors (Lipinski definition) is 1. The molecule has 2 rings (SSSR count). The van der Waals surface area contributed by atoms with Gasteiger partial charge in [-0.2, -0.15) is 0 Å². The first-order valence-corrected chi connectivity index (χ1v) is 8.33. The fourth-order valence-corrected chi connectivity index (χ4v) is 3.83. The van der Waals surface area contributed by atoms with Gasteiger partial charge in [0.15, 0.2) is 0 Å². The Labute approximate surface area is 133 Å². The average molecular weight is 354 g/mol. The topological polar surface area (TPSA) is 21.3 Å². The highest BCUT2D eigenvalue weighted by molar-refractivity contribution is 9.10. The molecule has 2 nitrogen and oxygen atoms in total. The Morgan fingerprint density at radius 2 is 1.95 bits per heavy atom. The molecule has 0 aliphatic carbocycles. The molecule has 1 aromatic carbocycles. The molecule has 0 aliphatic rings. The standard InChI is InChI=1S/C16H20BrNOS/c1-10-7-8-20-16(10)12(3)18-11(2)13-5-6-15(19-4)14(17)9-13/h5-9,11-12,18H,1-4H3. The van der Waals surface area contributed by atoms with E-state index in [1.165, 1.54) is 16.0 Å². The van der Waals surface area contributed by atoms with E-state index in [0.29, 0.717) is 6.04 Å². The number of aryl methyl sites for hydroxylation is 1. The maximum Gasteiger partial charge on any atom is 0.133 e. The van der Waals surface area contributed by atoms with Gasteiger partial charge < -0.3 is 10.1 Å². The fourth-order valence-electron chi connectivity index (χ4n) is 2.33. The number of methoxy groups -OCH3 is 1. The molecule has 4 heteroatoms. The Kier molecular flexibility index (Phi) is 5.24. The highest BCUT2D eigenvalue weighted by Gasteiger charge is 2.14. The van der Waals surface area contributed by atoms with Gasteiger partial charge in [0.25, 0.3) is 0 Å². The minimum absolute atomic E-state index is 0.286. The zero-order valence-electron chi connectivity index (χ0n) is 12.2. The second-order valence-corrected chi connectivity index (χ2v) is 6.77. The van der Waals surface area contributed by atoms with Crippen LogP contribution in [0.25, 0.3) is 0 Å². The monoisotopic (exact) mass is 353 g/mol. The number of nitrogens with one attached hydrogen (secondary N) is 1. The maximum atomic E-state index is 5.27. The fraction of sp³-hybridized carbons (Fsp3) is 0.375. The minimum atomic E-state index is 0.286. The van der Waals surface area contributed by atoms with Crippen molar-refractivity contribution in [2.45, 2.75) is 32.9 Å². The lowest BCUT2D eigenvalue weighted by molar-refractivity contribution is 0.411. The van der Waals surface area contributed by atoms with Crippen molar-refractivity contribution in [1.29, 1.82) is 0 Å². The first-order chi connectivity index (χ1) is 9.52. The molecule has 0 bridgehead atoms. The molecular weight excluding hydrogens is 334 g/mol. The molecule has 1 aromatic heterocycles. The normalized spacial score (nSPS) is 14.1. The van der Waals surface area contributed by atoms with Crippen molar-refractivity contribution >= 4 is 27.3 Å². The molecule has 1 heterocycles. The van der Waals surface area contributed by atoms with Crippen molar-refractivity contribution in [3.63, 3.8) is 0 Å². The summed E-state index contributed by atoms with van der Waals surface area (Å²) in [6.45, 7) is 6.57. The van der Waals surface area contributed by atoms with Crippen LogP contribution in [-0.4, -0.2) is 7.11 Å². The van der Waals surface area contributed by atoms with Crippen molar-refractivity contribution in [3.8, 4) is 5.75 Å². The lowest BCUT2D eigenvalue weighted by Crippen LogP contribution is -2.22. The molecule has 20 heavy (non-hydrogen) atoms. The molecule has 108 valence electrons. The van der Waals surface area contributed by atoms with Crippen molar-refractivity contribution in [3.05, 3.63) is 50.1 Å². The van der Waals surface area contributed by atoms with Gasteiger partial charge in [0.1, 0.15) is 5.75 Å². The van der Waals surface area contributed by atoms with Gasteiger partial charge in [-0.15, -0.1) is 11.3 Å². The van der Waals surface area contributed by atoms with Crippen LogP contribution >= 0.6 is 27.3 Å². The third-order valence-corrected chi connectivity index (χ3v) is 5.29. The largest absolute Gasteiger partial charge is 0.496 e. The average Bonchev–Trinajstić information content (AvgIpc) is 2.84. The van der Waals surface area contributed by atoms with E-state index in [1.807, 2.05) is 17.4 Å². The third kappa shape index (κ3) is 3.43. The molecule has 2 aromatic rings. The number of benzene rings is 1. The second-order valence-electron chi connectivity index (χ2n) is 4.97. The number of rotatable bonds is 5. The molecule has 0 aliphatic heterocycles. The molecule has 0 radical (unpaired) electrons. The number of thiophene rings is 1. The predicted octanol–water partition coefficient (Wildman–Crippen LogP) is 5.24. The molecule has 0 spiro atoms. The summed E-state index contributed by atoms with van der Waals surface area (Å²) in [5.41, 5.74) is 2.61. The molecule has 0 fully saturated rings. The van der Waals surface area contributed by atoms with Gasteiger partial charge in [-0.3, -0.25) is 0 Å². The summed E-state index contributed by atoms with van der Waals surface area (Å²) in [5.74, 6) is 0.864. The highest BCUT2D eigenvalue weighted by Crippen LogP contribution is 2.30. The van der Waals surface area contributed by atoms with Gasteiger partial charge in [-0.1, -0.05) is 6.07 Å². The molecule has 2 atom stereocenters. The highest BCUT2D eigenvalue weighted by atomic mass is 79.9. The van der Waals surface area contributed by atoms with Gasteiger partial charge >= 0.3 is 0 Å². The first-order valence-electron chi connectivity index (χ1n) is 6.66. The summed E-state index contributed by atoms with van der Waals surface area (Å²) >= 11 is 5.35. The van der Waals surface area contributed by atoms with E-state index in [2.05, 4.69) is 65.6 Å². The lowest BCUT2D eigenvalue weighted by Gasteiger charge is -2.21. The summed E-state index contributed by atoms with van der Waals surface area (Å²) in [6, 6.07) is 9.03. The number of halogens is 1. The molecule has 0 saturated heterocycles. The Balaban J connectivity index is 2.10. The summed E-state index contributed by atoms with van der Waals surface area (Å²) in [5, 5.41) is 5.80. The van der Waals surface area contributed by atoms with E-state index >= 15 is 0 Å². The SMILES string of the molecule is COc1ccc(C(C)NC(C)c2sccc2C)cc1Br. The zero-order chi connectivity index (χ0) is 14.7. The summed E-state index contributed by atoms with van der Waals surface area (Å²) in [7, 11) is 1.68. The molecule has 2 unspecified atom stereocenters. The Morgan fingerprint density at radius 1 is 1.20 bits per heavy atom.